The predicted octanol–water partition coefficient (Wildman–Crippen LogP) is 5.84. The van der Waals surface area contributed by atoms with Crippen LogP contribution >= 0.6 is 0 Å². The van der Waals surface area contributed by atoms with E-state index in [9.17, 15) is 0 Å². The average Bonchev–Trinajstić information content (AvgIpc) is 3.17. The van der Waals surface area contributed by atoms with Gasteiger partial charge in [-0.15, -0.1) is 0 Å². The number of likely N-dealkylation sites (N-methyl/N-ethyl adjacent to an activating group) is 1. The van der Waals surface area contributed by atoms with Gasteiger partial charge in [0.2, 0.25) is 5.72 Å². The van der Waals surface area contributed by atoms with Gasteiger partial charge in [-0.25, -0.2) is 0 Å². The number of hydrogen-bond donors (Lipinski definition) is 0. The fourth-order valence-electron chi connectivity index (χ4n) is 5.62. The molecule has 3 nitrogen and oxygen atoms in total. The minimum atomic E-state index is -0.527. The van der Waals surface area contributed by atoms with E-state index in [1.165, 1.54) is 46.4 Å². The molecule has 0 saturated heterocycles. The highest BCUT2D eigenvalue weighted by Gasteiger charge is 2.57. The molecule has 0 fully saturated rings. The number of para-hydroxylation sites is 1. The minimum absolute atomic E-state index is 0.169. The van der Waals surface area contributed by atoms with Gasteiger partial charge in [0.25, 0.3) is 0 Å². The molecule has 0 saturated carbocycles. The van der Waals surface area contributed by atoms with Crippen molar-refractivity contribution in [2.45, 2.75) is 50.7 Å². The summed E-state index contributed by atoms with van der Waals surface area (Å²) >= 11 is 0. The number of benzene rings is 2. The summed E-state index contributed by atoms with van der Waals surface area (Å²) in [5.74, 6) is 2.13. The number of aryl methyl sites for hydroxylation is 2. The first-order valence-corrected chi connectivity index (χ1v) is 10.3. The van der Waals surface area contributed by atoms with Crippen molar-refractivity contribution in [2.24, 2.45) is 0 Å². The molecule has 2 aliphatic heterocycles. The quantitative estimate of drug-likeness (QED) is 0.496. The fraction of sp³-hybridized carbons (Fsp3) is 0.360. The molecule has 0 unspecified atom stereocenters. The first-order valence-electron chi connectivity index (χ1n) is 10.3. The van der Waals surface area contributed by atoms with Crippen LogP contribution in [0.4, 0.5) is 5.69 Å². The third-order valence-corrected chi connectivity index (χ3v) is 7.19. The van der Waals surface area contributed by atoms with Gasteiger partial charge >= 0.3 is 0 Å². The summed E-state index contributed by atoms with van der Waals surface area (Å²) in [7, 11) is 2.14. The van der Waals surface area contributed by atoms with Gasteiger partial charge in [-0.05, 0) is 69.0 Å². The predicted molar refractivity (Wildman–Crippen MR) is 113 cm³/mol. The molecular weight excluding hydrogens is 346 g/mol. The average molecular weight is 371 g/mol. The van der Waals surface area contributed by atoms with E-state index < -0.39 is 5.72 Å². The van der Waals surface area contributed by atoms with Gasteiger partial charge in [0.15, 0.2) is 0 Å². The third-order valence-electron chi connectivity index (χ3n) is 7.19. The molecule has 3 heterocycles. The van der Waals surface area contributed by atoms with E-state index in [2.05, 4.69) is 74.3 Å². The molecule has 1 atom stereocenters. The summed E-state index contributed by atoms with van der Waals surface area (Å²) in [6, 6.07) is 12.8. The third kappa shape index (κ3) is 1.80. The van der Waals surface area contributed by atoms with Crippen LogP contribution in [0.25, 0.3) is 17.0 Å². The molecule has 3 aromatic rings. The SMILES string of the molecule is CN1c2ccccc2C(C)(C)[C@@]12C=Cc1c(ccc3oc4c(c13)CCCC4)O2. The Hall–Kier alpha value is -2.68. The summed E-state index contributed by atoms with van der Waals surface area (Å²) in [6.45, 7) is 4.56. The van der Waals surface area contributed by atoms with Crippen LogP contribution in [-0.4, -0.2) is 12.8 Å². The zero-order valence-corrected chi connectivity index (χ0v) is 16.7. The van der Waals surface area contributed by atoms with Crippen LogP contribution in [0.15, 0.2) is 46.9 Å². The van der Waals surface area contributed by atoms with Crippen LogP contribution in [0, 0.1) is 0 Å². The second-order valence-electron chi connectivity index (χ2n) is 8.89. The molecule has 2 aromatic carbocycles. The van der Waals surface area contributed by atoms with Crippen molar-refractivity contribution in [2.75, 3.05) is 11.9 Å². The maximum atomic E-state index is 6.86. The van der Waals surface area contributed by atoms with Crippen molar-refractivity contribution in [3.05, 3.63) is 64.9 Å². The number of fused-ring (bicyclic) bond motifs is 6. The maximum absolute atomic E-state index is 6.86. The number of hydrogen-bond acceptors (Lipinski definition) is 3. The van der Waals surface area contributed by atoms with Crippen molar-refractivity contribution in [1.82, 2.24) is 0 Å². The fourth-order valence-corrected chi connectivity index (χ4v) is 5.62. The van der Waals surface area contributed by atoms with Crippen LogP contribution in [0.5, 0.6) is 5.75 Å². The molecule has 0 amide bonds. The molecule has 3 heteroatoms. The second kappa shape index (κ2) is 5.22. The molecule has 1 spiro atoms. The Morgan fingerprint density at radius 3 is 2.68 bits per heavy atom. The minimum Gasteiger partial charge on any atom is -0.463 e. The lowest BCUT2D eigenvalue weighted by Crippen LogP contribution is -2.58. The van der Waals surface area contributed by atoms with Gasteiger partial charge in [-0.3, -0.25) is 0 Å². The van der Waals surface area contributed by atoms with E-state index in [0.29, 0.717) is 0 Å². The Morgan fingerprint density at radius 2 is 1.82 bits per heavy atom. The van der Waals surface area contributed by atoms with E-state index in [-0.39, 0.29) is 5.41 Å². The summed E-state index contributed by atoms with van der Waals surface area (Å²) in [5, 5.41) is 1.26. The van der Waals surface area contributed by atoms with Crippen LogP contribution in [0.2, 0.25) is 0 Å². The molecule has 1 aliphatic carbocycles. The van der Waals surface area contributed by atoms with Gasteiger partial charge in [-0.1, -0.05) is 18.2 Å². The number of nitrogens with zero attached hydrogens (tertiary/aromatic N) is 1. The summed E-state index contributed by atoms with van der Waals surface area (Å²) in [5.41, 5.74) is 5.44. The first kappa shape index (κ1) is 16.3. The van der Waals surface area contributed by atoms with E-state index in [0.717, 1.165) is 24.2 Å². The second-order valence-corrected chi connectivity index (χ2v) is 8.89. The standard InChI is InChI=1S/C25H25NO2/c1-24(2)18-9-5-6-10-19(18)26(3)25(24)15-14-17-21(28-25)12-13-22-23(17)16-8-4-7-11-20(16)27-22/h5-6,9-10,12-15H,4,7-8,11H2,1-3H3/t25-/m0/s1. The van der Waals surface area contributed by atoms with Crippen LogP contribution < -0.4 is 9.64 Å². The van der Waals surface area contributed by atoms with E-state index in [1.807, 2.05) is 0 Å². The summed E-state index contributed by atoms with van der Waals surface area (Å²) in [4.78, 5) is 2.29. The van der Waals surface area contributed by atoms with E-state index in [4.69, 9.17) is 9.15 Å². The van der Waals surface area contributed by atoms with Crippen LogP contribution in [0.3, 0.4) is 0 Å². The molecule has 1 aromatic heterocycles. The number of ether oxygens (including phenoxy) is 1. The Balaban J connectivity index is 1.55. The molecule has 142 valence electrons. The highest BCUT2D eigenvalue weighted by molar-refractivity contribution is 5.94. The van der Waals surface area contributed by atoms with Gasteiger partial charge in [0.05, 0.1) is 5.41 Å². The van der Waals surface area contributed by atoms with E-state index >= 15 is 0 Å². The lowest BCUT2D eigenvalue weighted by atomic mass is 9.76. The topological polar surface area (TPSA) is 25.6 Å². The smallest absolute Gasteiger partial charge is 0.211 e. The first-order chi connectivity index (χ1) is 13.5. The van der Waals surface area contributed by atoms with Gasteiger partial charge in [0.1, 0.15) is 17.1 Å². The normalized spacial score (nSPS) is 24.2. The Labute approximate surface area is 165 Å². The molecule has 0 bridgehead atoms. The number of rotatable bonds is 0. The van der Waals surface area contributed by atoms with Crippen LogP contribution in [0.1, 0.15) is 49.1 Å². The van der Waals surface area contributed by atoms with Crippen molar-refractivity contribution >= 4 is 22.7 Å². The molecular formula is C25H25NO2. The molecule has 28 heavy (non-hydrogen) atoms. The van der Waals surface area contributed by atoms with Crippen molar-refractivity contribution in [1.29, 1.82) is 0 Å². The zero-order valence-electron chi connectivity index (χ0n) is 16.7. The van der Waals surface area contributed by atoms with Crippen molar-refractivity contribution in [3.63, 3.8) is 0 Å². The van der Waals surface area contributed by atoms with Crippen LogP contribution in [-0.2, 0) is 18.3 Å². The Bertz CT molecular complexity index is 1150. The highest BCUT2D eigenvalue weighted by atomic mass is 16.5. The molecule has 0 N–H and O–H groups in total. The monoisotopic (exact) mass is 371 g/mol. The molecule has 0 radical (unpaired) electrons. The summed E-state index contributed by atoms with van der Waals surface area (Å²) in [6.07, 6.45) is 9.16. The molecule has 3 aliphatic rings. The zero-order chi connectivity index (χ0) is 19.1. The Kier molecular flexibility index (Phi) is 3.04. The number of furan rings is 1. The summed E-state index contributed by atoms with van der Waals surface area (Å²) < 4.78 is 13.0. The van der Waals surface area contributed by atoms with E-state index in [1.54, 1.807) is 0 Å². The van der Waals surface area contributed by atoms with Gasteiger partial charge in [-0.2, -0.15) is 0 Å². The van der Waals surface area contributed by atoms with Gasteiger partial charge < -0.3 is 14.1 Å². The molecule has 6 rings (SSSR count). The largest absolute Gasteiger partial charge is 0.463 e. The van der Waals surface area contributed by atoms with Crippen molar-refractivity contribution < 1.29 is 9.15 Å². The number of anilines is 1. The highest BCUT2D eigenvalue weighted by Crippen LogP contribution is 2.55. The lowest BCUT2D eigenvalue weighted by molar-refractivity contribution is 0.0584. The Morgan fingerprint density at radius 1 is 1.00 bits per heavy atom. The van der Waals surface area contributed by atoms with Crippen molar-refractivity contribution in [3.8, 4) is 5.75 Å². The van der Waals surface area contributed by atoms with Gasteiger partial charge in [0, 0.05) is 35.7 Å². The lowest BCUT2D eigenvalue weighted by Gasteiger charge is -2.45. The maximum Gasteiger partial charge on any atom is 0.211 e.